The molecule has 0 spiro atoms. The minimum absolute atomic E-state index is 0.345. The second-order valence-corrected chi connectivity index (χ2v) is 6.67. The first-order valence-corrected chi connectivity index (χ1v) is 8.22. The van der Waals surface area contributed by atoms with Crippen LogP contribution in [0.5, 0.6) is 0 Å². The zero-order chi connectivity index (χ0) is 13.7. The molecule has 3 unspecified atom stereocenters. The molecule has 3 atom stereocenters. The Kier molecular flexibility index (Phi) is 6.11. The van der Waals surface area contributed by atoms with Gasteiger partial charge in [0.25, 0.3) is 0 Å². The maximum Gasteiger partial charge on any atom is 0.0897 e. The average molecular weight is 269 g/mol. The van der Waals surface area contributed by atoms with Crippen LogP contribution in [0.15, 0.2) is 0 Å². The van der Waals surface area contributed by atoms with Gasteiger partial charge in [0.1, 0.15) is 0 Å². The van der Waals surface area contributed by atoms with E-state index in [4.69, 9.17) is 4.74 Å². The molecule has 2 fully saturated rings. The SMILES string of the molecule is CCCC1CC1NCC(O)COC1CCC(C)CC1. The Morgan fingerprint density at radius 3 is 2.68 bits per heavy atom. The largest absolute Gasteiger partial charge is 0.389 e. The predicted octanol–water partition coefficient (Wildman–Crippen LogP) is 2.72. The highest BCUT2D eigenvalue weighted by molar-refractivity contribution is 4.92. The molecule has 0 amide bonds. The van der Waals surface area contributed by atoms with Gasteiger partial charge in [-0.05, 0) is 50.4 Å². The summed E-state index contributed by atoms with van der Waals surface area (Å²) in [5, 5.41) is 13.4. The maximum atomic E-state index is 9.94. The summed E-state index contributed by atoms with van der Waals surface area (Å²) in [5.74, 6) is 1.72. The number of aliphatic hydroxyl groups is 1. The van der Waals surface area contributed by atoms with Gasteiger partial charge in [0.2, 0.25) is 0 Å². The number of hydrogen-bond acceptors (Lipinski definition) is 3. The van der Waals surface area contributed by atoms with E-state index in [0.29, 0.717) is 25.3 Å². The molecule has 0 aromatic carbocycles. The summed E-state index contributed by atoms with van der Waals surface area (Å²) in [4.78, 5) is 0. The number of hydrogen-bond donors (Lipinski definition) is 2. The Balaban J connectivity index is 1.49. The molecule has 3 nitrogen and oxygen atoms in total. The summed E-state index contributed by atoms with van der Waals surface area (Å²) in [5.41, 5.74) is 0. The zero-order valence-electron chi connectivity index (χ0n) is 12.6. The highest BCUT2D eigenvalue weighted by Crippen LogP contribution is 2.34. The van der Waals surface area contributed by atoms with Crippen molar-refractivity contribution in [1.82, 2.24) is 5.32 Å². The van der Waals surface area contributed by atoms with Crippen molar-refractivity contribution in [2.75, 3.05) is 13.2 Å². The third-order valence-corrected chi connectivity index (χ3v) is 4.68. The summed E-state index contributed by atoms with van der Waals surface area (Å²) < 4.78 is 5.83. The topological polar surface area (TPSA) is 41.5 Å². The minimum atomic E-state index is -0.345. The van der Waals surface area contributed by atoms with Crippen LogP contribution in [0, 0.1) is 11.8 Å². The normalized spacial score (nSPS) is 36.2. The van der Waals surface area contributed by atoms with Gasteiger partial charge in [-0.15, -0.1) is 0 Å². The van der Waals surface area contributed by atoms with Gasteiger partial charge in [-0.1, -0.05) is 20.3 Å². The van der Waals surface area contributed by atoms with Crippen molar-refractivity contribution in [3.63, 3.8) is 0 Å². The molecule has 3 heteroatoms. The quantitative estimate of drug-likeness (QED) is 0.712. The first kappa shape index (κ1) is 15.3. The van der Waals surface area contributed by atoms with E-state index in [1.807, 2.05) is 0 Å². The van der Waals surface area contributed by atoms with E-state index in [2.05, 4.69) is 19.2 Å². The van der Waals surface area contributed by atoms with E-state index in [1.165, 1.54) is 44.9 Å². The summed E-state index contributed by atoms with van der Waals surface area (Å²) in [6.07, 6.45) is 8.83. The molecule has 112 valence electrons. The van der Waals surface area contributed by atoms with Crippen LogP contribution in [0.4, 0.5) is 0 Å². The van der Waals surface area contributed by atoms with Gasteiger partial charge in [0.05, 0.1) is 18.8 Å². The van der Waals surface area contributed by atoms with Crippen molar-refractivity contribution < 1.29 is 9.84 Å². The lowest BCUT2D eigenvalue weighted by molar-refractivity contribution is -0.0279. The highest BCUT2D eigenvalue weighted by atomic mass is 16.5. The second-order valence-electron chi connectivity index (χ2n) is 6.67. The van der Waals surface area contributed by atoms with Crippen molar-refractivity contribution in [2.45, 2.75) is 77.0 Å². The Bertz CT molecular complexity index is 251. The van der Waals surface area contributed by atoms with Crippen molar-refractivity contribution in [3.05, 3.63) is 0 Å². The Morgan fingerprint density at radius 1 is 1.26 bits per heavy atom. The van der Waals surface area contributed by atoms with Crippen LogP contribution >= 0.6 is 0 Å². The molecule has 0 aromatic heterocycles. The number of aliphatic hydroxyl groups excluding tert-OH is 1. The molecular formula is C16H31NO2. The number of nitrogens with one attached hydrogen (secondary N) is 1. The van der Waals surface area contributed by atoms with Crippen LogP contribution in [-0.2, 0) is 4.74 Å². The van der Waals surface area contributed by atoms with Gasteiger partial charge < -0.3 is 15.2 Å². The third-order valence-electron chi connectivity index (χ3n) is 4.68. The standard InChI is InChI=1S/C16H31NO2/c1-3-4-13-9-16(13)17-10-14(18)11-19-15-7-5-12(2)6-8-15/h12-18H,3-11H2,1-2H3. The van der Waals surface area contributed by atoms with Gasteiger partial charge in [0, 0.05) is 12.6 Å². The summed E-state index contributed by atoms with van der Waals surface area (Å²) >= 11 is 0. The number of ether oxygens (including phenoxy) is 1. The van der Waals surface area contributed by atoms with Gasteiger partial charge in [-0.25, -0.2) is 0 Å². The van der Waals surface area contributed by atoms with E-state index >= 15 is 0 Å². The Labute approximate surface area is 118 Å². The molecule has 0 aromatic rings. The molecular weight excluding hydrogens is 238 g/mol. The minimum Gasteiger partial charge on any atom is -0.389 e. The molecule has 0 radical (unpaired) electrons. The van der Waals surface area contributed by atoms with Crippen LogP contribution in [0.25, 0.3) is 0 Å². The fourth-order valence-electron chi connectivity index (χ4n) is 3.18. The lowest BCUT2D eigenvalue weighted by Gasteiger charge is -2.27. The van der Waals surface area contributed by atoms with Crippen LogP contribution in [-0.4, -0.2) is 36.5 Å². The molecule has 2 aliphatic carbocycles. The summed E-state index contributed by atoms with van der Waals surface area (Å²) in [6.45, 7) is 5.74. The summed E-state index contributed by atoms with van der Waals surface area (Å²) in [7, 11) is 0. The van der Waals surface area contributed by atoms with Crippen LogP contribution in [0.3, 0.4) is 0 Å². The monoisotopic (exact) mass is 269 g/mol. The van der Waals surface area contributed by atoms with E-state index in [0.717, 1.165) is 11.8 Å². The summed E-state index contributed by atoms with van der Waals surface area (Å²) in [6, 6.07) is 0.658. The van der Waals surface area contributed by atoms with Gasteiger partial charge >= 0.3 is 0 Å². The highest BCUT2D eigenvalue weighted by Gasteiger charge is 2.35. The first-order chi connectivity index (χ1) is 9.19. The van der Waals surface area contributed by atoms with Crippen LogP contribution in [0.2, 0.25) is 0 Å². The number of rotatable bonds is 8. The second kappa shape index (κ2) is 7.61. The van der Waals surface area contributed by atoms with Gasteiger partial charge in [0.15, 0.2) is 0 Å². The van der Waals surface area contributed by atoms with Gasteiger partial charge in [-0.3, -0.25) is 0 Å². The predicted molar refractivity (Wildman–Crippen MR) is 78.2 cm³/mol. The molecule has 2 N–H and O–H groups in total. The first-order valence-electron chi connectivity index (χ1n) is 8.22. The molecule has 0 aliphatic heterocycles. The van der Waals surface area contributed by atoms with E-state index in [1.54, 1.807) is 0 Å². The fourth-order valence-corrected chi connectivity index (χ4v) is 3.18. The smallest absolute Gasteiger partial charge is 0.0897 e. The van der Waals surface area contributed by atoms with Gasteiger partial charge in [-0.2, -0.15) is 0 Å². The molecule has 2 saturated carbocycles. The lowest BCUT2D eigenvalue weighted by atomic mass is 9.89. The van der Waals surface area contributed by atoms with E-state index in [-0.39, 0.29) is 6.10 Å². The Hall–Kier alpha value is -0.120. The third kappa shape index (κ3) is 5.41. The molecule has 2 rings (SSSR count). The van der Waals surface area contributed by atoms with E-state index in [9.17, 15) is 5.11 Å². The van der Waals surface area contributed by atoms with Crippen molar-refractivity contribution in [1.29, 1.82) is 0 Å². The maximum absolute atomic E-state index is 9.94. The molecule has 0 heterocycles. The molecule has 2 aliphatic rings. The van der Waals surface area contributed by atoms with Crippen LogP contribution < -0.4 is 5.32 Å². The van der Waals surface area contributed by atoms with Crippen LogP contribution in [0.1, 0.15) is 58.8 Å². The van der Waals surface area contributed by atoms with Crippen molar-refractivity contribution >= 4 is 0 Å². The average Bonchev–Trinajstić information content (AvgIpc) is 3.15. The van der Waals surface area contributed by atoms with Crippen molar-refractivity contribution in [2.24, 2.45) is 11.8 Å². The van der Waals surface area contributed by atoms with Crippen molar-refractivity contribution in [3.8, 4) is 0 Å². The van der Waals surface area contributed by atoms with E-state index < -0.39 is 0 Å². The fraction of sp³-hybridized carbons (Fsp3) is 1.00. The zero-order valence-corrected chi connectivity index (χ0v) is 12.6. The molecule has 0 saturated heterocycles. The Morgan fingerprint density at radius 2 is 2.00 bits per heavy atom. The molecule has 0 bridgehead atoms. The lowest BCUT2D eigenvalue weighted by Crippen LogP contribution is -2.34. The molecule has 19 heavy (non-hydrogen) atoms.